The number of hydrogen-bond acceptors (Lipinski definition) is 3. The molecule has 0 aliphatic rings. The van der Waals surface area contributed by atoms with Gasteiger partial charge in [-0.1, -0.05) is 20.3 Å². The summed E-state index contributed by atoms with van der Waals surface area (Å²) in [5, 5.41) is 0. The molecule has 0 spiro atoms. The Morgan fingerprint density at radius 3 is 2.89 bits per heavy atom. The average molecular weight is 260 g/mol. The number of benzene rings is 1. The first-order valence-electron chi connectivity index (χ1n) is 6.88. The molecule has 0 atom stereocenters. The van der Waals surface area contributed by atoms with E-state index in [4.69, 9.17) is 4.74 Å². The molecule has 102 valence electrons. The highest BCUT2D eigenvalue weighted by atomic mass is 16.5. The number of imidazole rings is 1. The molecule has 0 bridgehead atoms. The number of fused-ring (bicyclic) bond motifs is 1. The summed E-state index contributed by atoms with van der Waals surface area (Å²) in [5.74, 6) is -0.264. The molecule has 19 heavy (non-hydrogen) atoms. The van der Waals surface area contributed by atoms with Gasteiger partial charge in [0.2, 0.25) is 0 Å². The van der Waals surface area contributed by atoms with E-state index in [1.54, 1.807) is 6.07 Å². The maximum absolute atomic E-state index is 11.8. The van der Waals surface area contributed by atoms with Crippen LogP contribution in [0, 0.1) is 0 Å². The number of rotatable bonds is 6. The SMILES string of the molecule is CCCCOC(=O)c1ccc2c(c1)ncn2CCC. The minimum atomic E-state index is -0.264. The van der Waals surface area contributed by atoms with Crippen LogP contribution < -0.4 is 0 Å². The number of esters is 1. The summed E-state index contributed by atoms with van der Waals surface area (Å²) < 4.78 is 7.30. The molecule has 1 heterocycles. The minimum Gasteiger partial charge on any atom is -0.462 e. The second-order valence-corrected chi connectivity index (χ2v) is 4.63. The van der Waals surface area contributed by atoms with Crippen LogP contribution in [0.2, 0.25) is 0 Å². The lowest BCUT2D eigenvalue weighted by Gasteiger charge is -2.04. The lowest BCUT2D eigenvalue weighted by Crippen LogP contribution is -2.06. The van der Waals surface area contributed by atoms with Crippen LogP contribution in [0.4, 0.5) is 0 Å². The van der Waals surface area contributed by atoms with Gasteiger partial charge in [0, 0.05) is 6.54 Å². The highest BCUT2D eigenvalue weighted by Gasteiger charge is 2.10. The standard InChI is InChI=1S/C15H20N2O2/c1-3-5-9-19-15(18)12-6-7-14-13(10-12)16-11-17(14)8-4-2/h6-7,10-11H,3-5,8-9H2,1-2H3. The second-order valence-electron chi connectivity index (χ2n) is 4.63. The summed E-state index contributed by atoms with van der Waals surface area (Å²) >= 11 is 0. The van der Waals surface area contributed by atoms with Gasteiger partial charge < -0.3 is 9.30 Å². The van der Waals surface area contributed by atoms with Crippen LogP contribution in [0.1, 0.15) is 43.5 Å². The highest BCUT2D eigenvalue weighted by molar-refractivity contribution is 5.93. The molecule has 2 aromatic rings. The summed E-state index contributed by atoms with van der Waals surface area (Å²) in [6, 6.07) is 5.55. The molecule has 0 amide bonds. The van der Waals surface area contributed by atoms with E-state index in [-0.39, 0.29) is 5.97 Å². The van der Waals surface area contributed by atoms with Crippen LogP contribution in [0.5, 0.6) is 0 Å². The van der Waals surface area contributed by atoms with Crippen molar-refractivity contribution in [1.29, 1.82) is 0 Å². The molecular weight excluding hydrogens is 240 g/mol. The molecule has 1 aromatic carbocycles. The third kappa shape index (κ3) is 3.13. The van der Waals surface area contributed by atoms with E-state index < -0.39 is 0 Å². The molecule has 0 saturated heterocycles. The van der Waals surface area contributed by atoms with Crippen molar-refractivity contribution in [3.8, 4) is 0 Å². The molecule has 2 rings (SSSR count). The lowest BCUT2D eigenvalue weighted by atomic mass is 10.2. The number of aryl methyl sites for hydroxylation is 1. The molecule has 0 aliphatic carbocycles. The van der Waals surface area contributed by atoms with Gasteiger partial charge in [0.15, 0.2) is 0 Å². The Kier molecular flexibility index (Phi) is 4.55. The zero-order valence-corrected chi connectivity index (χ0v) is 11.6. The van der Waals surface area contributed by atoms with Crippen molar-refractivity contribution in [2.24, 2.45) is 0 Å². The molecule has 4 nitrogen and oxygen atoms in total. The third-order valence-electron chi connectivity index (χ3n) is 3.05. The maximum atomic E-state index is 11.8. The van der Waals surface area contributed by atoms with Crippen molar-refractivity contribution < 1.29 is 9.53 Å². The van der Waals surface area contributed by atoms with Crippen molar-refractivity contribution >= 4 is 17.0 Å². The van der Waals surface area contributed by atoms with Crippen LogP contribution in [0.3, 0.4) is 0 Å². The number of unbranched alkanes of at least 4 members (excludes halogenated alkanes) is 1. The van der Waals surface area contributed by atoms with Gasteiger partial charge in [0.1, 0.15) is 0 Å². The summed E-state index contributed by atoms with van der Waals surface area (Å²) in [6.07, 6.45) is 4.81. The molecule has 0 N–H and O–H groups in total. The largest absolute Gasteiger partial charge is 0.462 e. The van der Waals surface area contributed by atoms with E-state index in [0.717, 1.165) is 36.8 Å². The predicted octanol–water partition coefficient (Wildman–Crippen LogP) is 3.40. The molecule has 0 radical (unpaired) electrons. The monoisotopic (exact) mass is 260 g/mol. The van der Waals surface area contributed by atoms with Gasteiger partial charge in [-0.3, -0.25) is 0 Å². The number of aromatic nitrogens is 2. The van der Waals surface area contributed by atoms with Crippen LogP contribution in [0.25, 0.3) is 11.0 Å². The quantitative estimate of drug-likeness (QED) is 0.590. The molecular formula is C15H20N2O2. The first-order valence-corrected chi connectivity index (χ1v) is 6.88. The summed E-state index contributed by atoms with van der Waals surface area (Å²) in [7, 11) is 0. The first-order chi connectivity index (χ1) is 9.26. The molecule has 0 aliphatic heterocycles. The van der Waals surface area contributed by atoms with E-state index in [1.807, 2.05) is 18.5 Å². The smallest absolute Gasteiger partial charge is 0.338 e. The molecule has 0 unspecified atom stereocenters. The van der Waals surface area contributed by atoms with E-state index in [0.29, 0.717) is 12.2 Å². The summed E-state index contributed by atoms with van der Waals surface area (Å²) in [5.41, 5.74) is 2.48. The highest BCUT2D eigenvalue weighted by Crippen LogP contribution is 2.16. The van der Waals surface area contributed by atoms with E-state index >= 15 is 0 Å². The van der Waals surface area contributed by atoms with E-state index in [9.17, 15) is 4.79 Å². The van der Waals surface area contributed by atoms with Gasteiger partial charge in [-0.05, 0) is 31.0 Å². The van der Waals surface area contributed by atoms with Gasteiger partial charge in [-0.25, -0.2) is 9.78 Å². The van der Waals surface area contributed by atoms with Crippen LogP contribution in [-0.2, 0) is 11.3 Å². The molecule has 4 heteroatoms. The van der Waals surface area contributed by atoms with E-state index in [2.05, 4.69) is 23.4 Å². The number of carbonyl (C=O) groups excluding carboxylic acids is 1. The average Bonchev–Trinajstić information content (AvgIpc) is 2.82. The van der Waals surface area contributed by atoms with E-state index in [1.165, 1.54) is 0 Å². The Balaban J connectivity index is 2.15. The van der Waals surface area contributed by atoms with Gasteiger partial charge in [-0.15, -0.1) is 0 Å². The first kappa shape index (κ1) is 13.6. The number of ether oxygens (including phenoxy) is 1. The van der Waals surface area contributed by atoms with Crippen LogP contribution in [-0.4, -0.2) is 22.1 Å². The van der Waals surface area contributed by atoms with Crippen molar-refractivity contribution in [2.75, 3.05) is 6.61 Å². The molecule has 0 saturated carbocycles. The maximum Gasteiger partial charge on any atom is 0.338 e. The zero-order valence-electron chi connectivity index (χ0n) is 11.6. The minimum absolute atomic E-state index is 0.264. The normalized spacial score (nSPS) is 10.8. The van der Waals surface area contributed by atoms with Crippen molar-refractivity contribution in [3.05, 3.63) is 30.1 Å². The Hall–Kier alpha value is -1.84. The van der Waals surface area contributed by atoms with Gasteiger partial charge >= 0.3 is 5.97 Å². The summed E-state index contributed by atoms with van der Waals surface area (Å²) in [6.45, 7) is 5.63. The third-order valence-corrected chi connectivity index (χ3v) is 3.05. The molecule has 0 fully saturated rings. The Morgan fingerprint density at radius 2 is 2.16 bits per heavy atom. The molecule has 1 aromatic heterocycles. The topological polar surface area (TPSA) is 44.1 Å². The predicted molar refractivity (Wildman–Crippen MR) is 75.2 cm³/mol. The lowest BCUT2D eigenvalue weighted by molar-refractivity contribution is 0.0500. The van der Waals surface area contributed by atoms with Crippen molar-refractivity contribution in [2.45, 2.75) is 39.7 Å². The van der Waals surface area contributed by atoms with Gasteiger partial charge in [0.05, 0.1) is 29.5 Å². The van der Waals surface area contributed by atoms with Gasteiger partial charge in [-0.2, -0.15) is 0 Å². The van der Waals surface area contributed by atoms with Crippen LogP contribution >= 0.6 is 0 Å². The van der Waals surface area contributed by atoms with Gasteiger partial charge in [0.25, 0.3) is 0 Å². The van der Waals surface area contributed by atoms with Crippen molar-refractivity contribution in [1.82, 2.24) is 9.55 Å². The number of hydrogen-bond donors (Lipinski definition) is 0. The Bertz CT molecular complexity index is 560. The fraction of sp³-hybridized carbons (Fsp3) is 0.467. The Morgan fingerprint density at radius 1 is 1.32 bits per heavy atom. The second kappa shape index (κ2) is 6.36. The zero-order chi connectivity index (χ0) is 13.7. The summed E-state index contributed by atoms with van der Waals surface area (Å²) in [4.78, 5) is 16.2. The Labute approximate surface area is 113 Å². The number of nitrogens with zero attached hydrogens (tertiary/aromatic N) is 2. The number of carbonyl (C=O) groups is 1. The van der Waals surface area contributed by atoms with Crippen molar-refractivity contribution in [3.63, 3.8) is 0 Å². The fourth-order valence-electron chi connectivity index (χ4n) is 2.00. The van der Waals surface area contributed by atoms with Crippen LogP contribution in [0.15, 0.2) is 24.5 Å². The fourth-order valence-corrected chi connectivity index (χ4v) is 2.00.